The third-order valence-corrected chi connectivity index (χ3v) is 4.49. The predicted octanol–water partition coefficient (Wildman–Crippen LogP) is 2.69. The van der Waals surface area contributed by atoms with Gasteiger partial charge in [0.1, 0.15) is 0 Å². The van der Waals surface area contributed by atoms with Gasteiger partial charge in [0, 0.05) is 42.3 Å². The van der Waals surface area contributed by atoms with Crippen molar-refractivity contribution in [1.82, 2.24) is 9.88 Å². The summed E-state index contributed by atoms with van der Waals surface area (Å²) >= 11 is 7.55. The second-order valence-corrected chi connectivity index (χ2v) is 6.16. The van der Waals surface area contributed by atoms with Crippen LogP contribution in [-0.2, 0) is 11.2 Å². The van der Waals surface area contributed by atoms with Crippen LogP contribution in [0.25, 0.3) is 0 Å². The van der Waals surface area contributed by atoms with E-state index in [1.54, 1.807) is 5.51 Å². The van der Waals surface area contributed by atoms with E-state index < -0.39 is 0 Å². The van der Waals surface area contributed by atoms with Crippen LogP contribution in [0.3, 0.4) is 0 Å². The Morgan fingerprint density at radius 1 is 1.29 bits per heavy atom. The van der Waals surface area contributed by atoms with E-state index in [2.05, 4.69) is 16.0 Å². The Hall–Kier alpha value is -1.59. The molecule has 0 saturated carbocycles. The molecule has 0 atom stereocenters. The van der Waals surface area contributed by atoms with Gasteiger partial charge in [-0.1, -0.05) is 17.7 Å². The van der Waals surface area contributed by atoms with Gasteiger partial charge in [0.25, 0.3) is 0 Å². The van der Waals surface area contributed by atoms with Gasteiger partial charge in [-0.2, -0.15) is 0 Å². The summed E-state index contributed by atoms with van der Waals surface area (Å²) in [5.41, 5.74) is 3.75. The summed E-state index contributed by atoms with van der Waals surface area (Å²) in [5.74, 6) is 0.159. The molecule has 110 valence electrons. The summed E-state index contributed by atoms with van der Waals surface area (Å²) in [4.78, 5) is 20.6. The molecule has 2 aromatic rings. The van der Waals surface area contributed by atoms with Crippen LogP contribution in [-0.4, -0.2) is 42.0 Å². The first kappa shape index (κ1) is 14.4. The Morgan fingerprint density at radius 3 is 2.76 bits per heavy atom. The average Bonchev–Trinajstić information content (AvgIpc) is 3.00. The van der Waals surface area contributed by atoms with Crippen LogP contribution in [0.1, 0.15) is 5.69 Å². The van der Waals surface area contributed by atoms with Gasteiger partial charge in [0.15, 0.2) is 0 Å². The molecule has 1 amide bonds. The Morgan fingerprint density at radius 2 is 2.10 bits per heavy atom. The SMILES string of the molecule is O=C(Cc1cscn1)N1CCN(c2cccc(Cl)c2)CC1. The van der Waals surface area contributed by atoms with Crippen LogP contribution < -0.4 is 4.90 Å². The second kappa shape index (κ2) is 6.45. The molecule has 0 aliphatic carbocycles. The fraction of sp³-hybridized carbons (Fsp3) is 0.333. The zero-order valence-corrected chi connectivity index (χ0v) is 13.1. The number of aromatic nitrogens is 1. The summed E-state index contributed by atoms with van der Waals surface area (Å²) in [7, 11) is 0. The Balaban J connectivity index is 1.56. The van der Waals surface area contributed by atoms with Crippen LogP contribution in [0.5, 0.6) is 0 Å². The molecule has 21 heavy (non-hydrogen) atoms. The van der Waals surface area contributed by atoms with E-state index >= 15 is 0 Å². The van der Waals surface area contributed by atoms with Gasteiger partial charge in [-0.25, -0.2) is 4.98 Å². The highest BCUT2D eigenvalue weighted by Crippen LogP contribution is 2.21. The van der Waals surface area contributed by atoms with Crippen molar-refractivity contribution in [2.45, 2.75) is 6.42 Å². The monoisotopic (exact) mass is 321 g/mol. The zero-order chi connectivity index (χ0) is 14.7. The highest BCUT2D eigenvalue weighted by atomic mass is 35.5. The van der Waals surface area contributed by atoms with E-state index in [0.29, 0.717) is 6.42 Å². The highest BCUT2D eigenvalue weighted by Gasteiger charge is 2.21. The predicted molar refractivity (Wildman–Crippen MR) is 86.1 cm³/mol. The molecule has 1 aromatic heterocycles. The molecule has 6 heteroatoms. The summed E-state index contributed by atoms with van der Waals surface area (Å²) in [5, 5.41) is 2.68. The maximum absolute atomic E-state index is 12.2. The van der Waals surface area contributed by atoms with Crippen LogP contribution in [0.2, 0.25) is 5.02 Å². The summed E-state index contributed by atoms with van der Waals surface area (Å²) < 4.78 is 0. The third-order valence-electron chi connectivity index (χ3n) is 3.62. The van der Waals surface area contributed by atoms with Crippen molar-refractivity contribution < 1.29 is 4.79 Å². The van der Waals surface area contributed by atoms with Gasteiger partial charge in [-0.05, 0) is 18.2 Å². The third kappa shape index (κ3) is 3.54. The molecule has 3 rings (SSSR count). The number of hydrogen-bond acceptors (Lipinski definition) is 4. The molecule has 2 heterocycles. The minimum atomic E-state index is 0.159. The molecule has 0 unspecified atom stereocenters. The van der Waals surface area contributed by atoms with Gasteiger partial charge < -0.3 is 9.80 Å². The lowest BCUT2D eigenvalue weighted by atomic mass is 10.2. The number of carbonyl (C=O) groups excluding carboxylic acids is 1. The number of carbonyl (C=O) groups is 1. The molecule has 0 spiro atoms. The van der Waals surface area contributed by atoms with Crippen LogP contribution in [0, 0.1) is 0 Å². The minimum Gasteiger partial charge on any atom is -0.368 e. The molecule has 1 saturated heterocycles. The topological polar surface area (TPSA) is 36.4 Å². The number of anilines is 1. The van der Waals surface area contributed by atoms with Gasteiger partial charge in [-0.3, -0.25) is 4.79 Å². The highest BCUT2D eigenvalue weighted by molar-refractivity contribution is 7.07. The number of rotatable bonds is 3. The lowest BCUT2D eigenvalue weighted by Crippen LogP contribution is -2.49. The zero-order valence-electron chi connectivity index (χ0n) is 11.5. The average molecular weight is 322 g/mol. The van der Waals surface area contributed by atoms with Gasteiger partial charge >= 0.3 is 0 Å². The summed E-state index contributed by atoms with van der Waals surface area (Å²) in [6, 6.07) is 7.85. The van der Waals surface area contributed by atoms with Crippen LogP contribution in [0.15, 0.2) is 35.2 Å². The fourth-order valence-electron chi connectivity index (χ4n) is 2.48. The minimum absolute atomic E-state index is 0.159. The standard InChI is InChI=1S/C15H16ClN3OS/c16-12-2-1-3-14(8-12)18-4-6-19(7-5-18)15(20)9-13-10-21-11-17-13/h1-3,8,10-11H,4-7,9H2. The maximum Gasteiger partial charge on any atom is 0.228 e. The van der Waals surface area contributed by atoms with Crippen molar-refractivity contribution in [3.8, 4) is 0 Å². The van der Waals surface area contributed by atoms with Gasteiger partial charge in [-0.15, -0.1) is 11.3 Å². The molecule has 0 bridgehead atoms. The van der Waals surface area contributed by atoms with E-state index in [4.69, 9.17) is 11.6 Å². The van der Waals surface area contributed by atoms with Crippen LogP contribution in [0.4, 0.5) is 5.69 Å². The second-order valence-electron chi connectivity index (χ2n) is 5.00. The lowest BCUT2D eigenvalue weighted by Gasteiger charge is -2.36. The van der Waals surface area contributed by atoms with Gasteiger partial charge in [0.2, 0.25) is 5.91 Å². The van der Waals surface area contributed by atoms with Crippen molar-refractivity contribution in [3.05, 3.63) is 45.9 Å². The molecular weight excluding hydrogens is 306 g/mol. The van der Waals surface area contributed by atoms with Crippen molar-refractivity contribution in [2.24, 2.45) is 0 Å². The smallest absolute Gasteiger partial charge is 0.228 e. The maximum atomic E-state index is 12.2. The first-order chi connectivity index (χ1) is 10.2. The molecule has 1 fully saturated rings. The number of halogens is 1. The van der Waals surface area contributed by atoms with Crippen molar-refractivity contribution in [3.63, 3.8) is 0 Å². The number of amides is 1. The van der Waals surface area contributed by atoms with E-state index in [0.717, 1.165) is 42.6 Å². The van der Waals surface area contributed by atoms with Crippen LogP contribution >= 0.6 is 22.9 Å². The first-order valence-corrected chi connectivity index (χ1v) is 8.20. The van der Waals surface area contributed by atoms with Crippen molar-refractivity contribution >= 4 is 34.5 Å². The van der Waals surface area contributed by atoms with Crippen molar-refractivity contribution in [1.29, 1.82) is 0 Å². The summed E-state index contributed by atoms with van der Waals surface area (Å²) in [6.07, 6.45) is 0.403. The number of nitrogens with zero attached hydrogens (tertiary/aromatic N) is 3. The number of thiazole rings is 1. The lowest BCUT2D eigenvalue weighted by molar-refractivity contribution is -0.130. The Labute approximate surface area is 133 Å². The molecule has 1 aliphatic rings. The number of piperazine rings is 1. The fourth-order valence-corrected chi connectivity index (χ4v) is 3.22. The van der Waals surface area contributed by atoms with E-state index in [-0.39, 0.29) is 5.91 Å². The van der Waals surface area contributed by atoms with E-state index in [1.807, 2.05) is 28.5 Å². The summed E-state index contributed by atoms with van der Waals surface area (Å²) in [6.45, 7) is 3.16. The van der Waals surface area contributed by atoms with Gasteiger partial charge in [0.05, 0.1) is 17.6 Å². The Bertz CT molecular complexity index is 609. The van der Waals surface area contributed by atoms with E-state index in [1.165, 1.54) is 11.3 Å². The normalized spacial score (nSPS) is 15.3. The molecule has 1 aromatic carbocycles. The molecule has 1 aliphatic heterocycles. The Kier molecular flexibility index (Phi) is 4.41. The molecule has 0 N–H and O–H groups in total. The largest absolute Gasteiger partial charge is 0.368 e. The number of hydrogen-bond donors (Lipinski definition) is 0. The molecule has 4 nitrogen and oxygen atoms in total. The first-order valence-electron chi connectivity index (χ1n) is 6.88. The van der Waals surface area contributed by atoms with E-state index in [9.17, 15) is 4.79 Å². The van der Waals surface area contributed by atoms with Crippen molar-refractivity contribution in [2.75, 3.05) is 31.1 Å². The molecular formula is C15H16ClN3OS. The molecule has 0 radical (unpaired) electrons. The quantitative estimate of drug-likeness (QED) is 0.872. The number of benzene rings is 1.